The van der Waals surface area contributed by atoms with Crippen LogP contribution in [0.3, 0.4) is 0 Å². The predicted molar refractivity (Wildman–Crippen MR) is 132 cm³/mol. The quantitative estimate of drug-likeness (QED) is 0.585. The first-order chi connectivity index (χ1) is 17.2. The normalized spacial score (nSPS) is 15.9. The molecule has 0 N–H and O–H groups in total. The van der Waals surface area contributed by atoms with Crippen molar-refractivity contribution in [1.82, 2.24) is 15.0 Å². The van der Waals surface area contributed by atoms with Crippen LogP contribution in [0.15, 0.2) is 22.7 Å². The summed E-state index contributed by atoms with van der Waals surface area (Å²) in [6, 6.07) is 4.11. The number of carbonyl (C=O) groups excluding carboxylic acids is 2. The Morgan fingerprint density at radius 2 is 1.75 bits per heavy atom. The predicted octanol–water partition coefficient (Wildman–Crippen LogP) is 4.17. The van der Waals surface area contributed by atoms with E-state index in [2.05, 4.69) is 23.9 Å². The standard InChI is InChI=1S/C26H36F2N4O4/c1-5-25(33)32-13-7-11-30(18(2)3)10-6-12-31(17-19-14-21(27)22(28)16-23(19)32)26(34)9-8-20-15-24(35-4)29-36-20/h14-16,18H,5-13,17H2,1-4H3. The Balaban J connectivity index is 1.91. The lowest BCUT2D eigenvalue weighted by molar-refractivity contribution is -0.132. The van der Waals surface area contributed by atoms with Gasteiger partial charge in [-0.15, -0.1) is 0 Å². The van der Waals surface area contributed by atoms with Crippen LogP contribution in [0.1, 0.15) is 57.8 Å². The monoisotopic (exact) mass is 506 g/mol. The molecular weight excluding hydrogens is 470 g/mol. The molecule has 0 bridgehead atoms. The van der Waals surface area contributed by atoms with E-state index in [1.54, 1.807) is 17.9 Å². The highest BCUT2D eigenvalue weighted by atomic mass is 19.2. The van der Waals surface area contributed by atoms with Gasteiger partial charge in [0, 0.05) is 70.2 Å². The molecule has 0 saturated heterocycles. The van der Waals surface area contributed by atoms with Crippen LogP contribution in [0.4, 0.5) is 14.5 Å². The van der Waals surface area contributed by atoms with Crippen LogP contribution in [0.5, 0.6) is 5.88 Å². The van der Waals surface area contributed by atoms with Crippen molar-refractivity contribution in [3.8, 4) is 5.88 Å². The average Bonchev–Trinajstić information content (AvgIpc) is 3.32. The number of nitrogens with zero attached hydrogens (tertiary/aromatic N) is 4. The number of aromatic nitrogens is 1. The molecule has 0 saturated carbocycles. The smallest absolute Gasteiger partial charge is 0.254 e. The maximum atomic E-state index is 14.3. The Hall–Kier alpha value is -3.01. The van der Waals surface area contributed by atoms with Crippen LogP contribution in [0.2, 0.25) is 0 Å². The third-order valence-electron chi connectivity index (χ3n) is 6.49. The van der Waals surface area contributed by atoms with Crippen molar-refractivity contribution in [3.05, 3.63) is 41.2 Å². The summed E-state index contributed by atoms with van der Waals surface area (Å²) in [5, 5.41) is 3.76. The summed E-state index contributed by atoms with van der Waals surface area (Å²) in [6.45, 7) is 8.41. The second-order valence-electron chi connectivity index (χ2n) is 9.28. The van der Waals surface area contributed by atoms with Gasteiger partial charge in [-0.1, -0.05) is 6.92 Å². The minimum atomic E-state index is -1.02. The summed E-state index contributed by atoms with van der Waals surface area (Å²) in [4.78, 5) is 31.6. The molecule has 3 rings (SSSR count). The van der Waals surface area contributed by atoms with Gasteiger partial charge in [-0.25, -0.2) is 8.78 Å². The van der Waals surface area contributed by atoms with Gasteiger partial charge in [0.05, 0.1) is 12.8 Å². The van der Waals surface area contributed by atoms with Crippen molar-refractivity contribution in [2.24, 2.45) is 0 Å². The molecule has 2 amide bonds. The number of hydrogen-bond donors (Lipinski definition) is 0. The third-order valence-corrected chi connectivity index (χ3v) is 6.49. The summed E-state index contributed by atoms with van der Waals surface area (Å²) < 4.78 is 38.9. The molecule has 1 aromatic carbocycles. The number of methoxy groups -OCH3 is 1. The molecule has 2 heterocycles. The lowest BCUT2D eigenvalue weighted by atomic mass is 10.1. The van der Waals surface area contributed by atoms with Crippen molar-refractivity contribution in [3.63, 3.8) is 0 Å². The number of fused-ring (bicyclic) bond motifs is 1. The summed E-state index contributed by atoms with van der Waals surface area (Å²) in [6.07, 6.45) is 2.15. The van der Waals surface area contributed by atoms with Gasteiger partial charge < -0.3 is 24.0 Å². The van der Waals surface area contributed by atoms with Gasteiger partial charge in [-0.2, -0.15) is 0 Å². The van der Waals surface area contributed by atoms with Gasteiger partial charge in [-0.3, -0.25) is 9.59 Å². The third kappa shape index (κ3) is 7.02. The minimum absolute atomic E-state index is 0.0697. The number of rotatable bonds is 6. The second kappa shape index (κ2) is 12.8. The van der Waals surface area contributed by atoms with Crippen LogP contribution in [0.25, 0.3) is 0 Å². The summed E-state index contributed by atoms with van der Waals surface area (Å²) >= 11 is 0. The fraction of sp³-hybridized carbons (Fsp3) is 0.577. The van der Waals surface area contributed by atoms with Gasteiger partial charge in [0.2, 0.25) is 11.8 Å². The molecule has 1 aliphatic heterocycles. The molecule has 198 valence electrons. The van der Waals surface area contributed by atoms with Crippen molar-refractivity contribution in [2.75, 3.05) is 38.2 Å². The van der Waals surface area contributed by atoms with E-state index in [1.165, 1.54) is 12.0 Å². The summed E-state index contributed by atoms with van der Waals surface area (Å²) in [5.74, 6) is -1.49. The van der Waals surface area contributed by atoms with Crippen LogP contribution in [-0.2, 0) is 22.6 Å². The highest BCUT2D eigenvalue weighted by Crippen LogP contribution is 2.28. The number of carbonyl (C=O) groups is 2. The zero-order chi connectivity index (χ0) is 26.2. The van der Waals surface area contributed by atoms with E-state index in [0.717, 1.165) is 31.6 Å². The second-order valence-corrected chi connectivity index (χ2v) is 9.28. The fourth-order valence-electron chi connectivity index (χ4n) is 4.44. The molecule has 0 fully saturated rings. The van der Waals surface area contributed by atoms with Crippen LogP contribution < -0.4 is 9.64 Å². The average molecular weight is 507 g/mol. The van der Waals surface area contributed by atoms with Gasteiger partial charge in [0.15, 0.2) is 11.6 Å². The lowest BCUT2D eigenvalue weighted by Gasteiger charge is -2.33. The first-order valence-corrected chi connectivity index (χ1v) is 12.5. The molecule has 10 heteroatoms. The Kier molecular flexibility index (Phi) is 9.81. The molecule has 8 nitrogen and oxygen atoms in total. The summed E-state index contributed by atoms with van der Waals surface area (Å²) in [7, 11) is 1.48. The molecule has 36 heavy (non-hydrogen) atoms. The number of hydrogen-bond acceptors (Lipinski definition) is 6. The van der Waals surface area contributed by atoms with Crippen molar-refractivity contribution >= 4 is 17.5 Å². The zero-order valence-corrected chi connectivity index (χ0v) is 21.6. The highest BCUT2D eigenvalue weighted by molar-refractivity contribution is 5.94. The lowest BCUT2D eigenvalue weighted by Crippen LogP contribution is -2.40. The van der Waals surface area contributed by atoms with E-state index >= 15 is 0 Å². The molecule has 0 unspecified atom stereocenters. The molecule has 0 atom stereocenters. The maximum absolute atomic E-state index is 14.3. The Morgan fingerprint density at radius 3 is 2.39 bits per heavy atom. The molecule has 0 spiro atoms. The number of halogens is 2. The van der Waals surface area contributed by atoms with E-state index < -0.39 is 11.6 Å². The Bertz CT molecular complexity index is 1040. The van der Waals surface area contributed by atoms with Crippen molar-refractivity contribution in [1.29, 1.82) is 0 Å². The maximum Gasteiger partial charge on any atom is 0.254 e. The highest BCUT2D eigenvalue weighted by Gasteiger charge is 2.25. The minimum Gasteiger partial charge on any atom is -0.479 e. The Labute approximate surface area is 211 Å². The molecule has 0 aliphatic carbocycles. The van der Waals surface area contributed by atoms with Crippen LogP contribution >= 0.6 is 0 Å². The number of ether oxygens (including phenoxy) is 1. The van der Waals surface area contributed by atoms with Gasteiger partial charge >= 0.3 is 0 Å². The number of benzene rings is 1. The number of amides is 2. The van der Waals surface area contributed by atoms with E-state index in [0.29, 0.717) is 54.9 Å². The molecule has 1 aromatic heterocycles. The molecule has 2 aromatic rings. The zero-order valence-electron chi connectivity index (χ0n) is 21.6. The Morgan fingerprint density at radius 1 is 1.06 bits per heavy atom. The first-order valence-electron chi connectivity index (χ1n) is 12.5. The van der Waals surface area contributed by atoms with Crippen molar-refractivity contribution in [2.45, 2.75) is 65.5 Å². The van der Waals surface area contributed by atoms with Gasteiger partial charge in [0.25, 0.3) is 5.88 Å². The summed E-state index contributed by atoms with van der Waals surface area (Å²) in [5.41, 5.74) is 0.724. The van der Waals surface area contributed by atoms with E-state index in [1.807, 2.05) is 0 Å². The van der Waals surface area contributed by atoms with E-state index in [9.17, 15) is 18.4 Å². The van der Waals surface area contributed by atoms with E-state index in [-0.39, 0.29) is 31.2 Å². The topological polar surface area (TPSA) is 79.1 Å². The first kappa shape index (κ1) is 27.6. The fourth-order valence-corrected chi connectivity index (χ4v) is 4.44. The van der Waals surface area contributed by atoms with Crippen molar-refractivity contribution < 1.29 is 27.6 Å². The van der Waals surface area contributed by atoms with Crippen LogP contribution in [0, 0.1) is 11.6 Å². The van der Waals surface area contributed by atoms with E-state index in [4.69, 9.17) is 9.26 Å². The van der Waals surface area contributed by atoms with Gasteiger partial charge in [0.1, 0.15) is 5.76 Å². The largest absolute Gasteiger partial charge is 0.479 e. The molecule has 1 aliphatic rings. The SMILES string of the molecule is CCC(=O)N1CCCN(C(C)C)CCCN(C(=O)CCc2cc(OC)no2)Cc2cc(F)c(F)cc21. The number of anilines is 1. The number of aryl methyl sites for hydroxylation is 1. The van der Waals surface area contributed by atoms with Crippen LogP contribution in [-0.4, -0.2) is 66.1 Å². The molecule has 0 radical (unpaired) electrons. The van der Waals surface area contributed by atoms with Gasteiger partial charge in [-0.05, 0) is 43.5 Å². The molecular formula is C26H36F2N4O4.